The number of aliphatic hydroxyl groups excluding tert-OH is 14. The molecule has 0 aromatic rings. The van der Waals surface area contributed by atoms with Crippen LogP contribution in [0.25, 0.3) is 0 Å². The molecule has 0 aromatic carbocycles. The summed E-state index contributed by atoms with van der Waals surface area (Å²) in [6, 6.07) is 0. The van der Waals surface area contributed by atoms with Crippen LogP contribution in [-0.4, -0.2) is 409 Å². The zero-order valence-electron chi connectivity index (χ0n) is 66.1. The molecule has 42 nitrogen and oxygen atoms in total. The van der Waals surface area contributed by atoms with E-state index < -0.39 is 342 Å². The Labute approximate surface area is 866 Å². The number of carboxylic acid groups (broad SMARTS) is 7. The van der Waals surface area contributed by atoms with Gasteiger partial charge in [0.1, 0.15) is 128 Å². The van der Waals surface area contributed by atoms with Crippen LogP contribution in [0, 0.1) is 0 Å². The molecule has 119 heavy (non-hydrogen) atoms. The number of carbonyl (C=O) groups excluding carboxylic acids is 7. The summed E-state index contributed by atoms with van der Waals surface area (Å²) < 4.78 is 86.8. The van der Waals surface area contributed by atoms with Crippen LogP contribution in [0.3, 0.4) is 0 Å². The van der Waals surface area contributed by atoms with E-state index in [1.807, 2.05) is 0 Å². The molecule has 21 aliphatic heterocycles. The Hall–Kier alpha value is 4.62. The molecular weight excluding hydrogens is 1810 g/mol. The van der Waals surface area contributed by atoms with Crippen molar-refractivity contribution in [3.05, 3.63) is 0 Å². The van der Waals surface area contributed by atoms with Crippen molar-refractivity contribution in [3.63, 3.8) is 0 Å². The molecule has 0 unspecified atom stereocenters. The predicted octanol–water partition coefficient (Wildman–Crippen LogP) is -37.0. The second-order valence-electron chi connectivity index (χ2n) is 26.8. The summed E-state index contributed by atoms with van der Waals surface area (Å²) in [5.74, 6) is -14.7. The maximum absolute atomic E-state index is 12.1. The summed E-state index contributed by atoms with van der Waals surface area (Å²) in [5, 5.41) is 250. The molecule has 35 atom stereocenters. The first-order valence-electron chi connectivity index (χ1n) is 35.3. The van der Waals surface area contributed by atoms with Gasteiger partial charge < -0.3 is 207 Å². The minimum atomic E-state index is -2.31. The van der Waals surface area contributed by atoms with E-state index in [1.54, 1.807) is 0 Å². The molecule has 21 saturated heterocycles. The van der Waals surface area contributed by atoms with E-state index in [1.165, 1.54) is 0 Å². The molecule has 0 aliphatic carbocycles. The Balaban J connectivity index is 0.0000101. The van der Waals surface area contributed by atoms with Gasteiger partial charge in [-0.15, -0.1) is 0 Å². The molecule has 21 rings (SSSR count). The zero-order valence-corrected chi connectivity index (χ0v) is 85.8. The van der Waals surface area contributed by atoms with E-state index in [2.05, 4.69) is 0 Å². The molecule has 0 aromatic heterocycles. The first-order chi connectivity index (χ1) is 53.1. The fourth-order valence-corrected chi connectivity index (χ4v) is 19.7. The first kappa shape index (κ1) is 122. The van der Waals surface area contributed by atoms with Gasteiger partial charge in [-0.3, -0.25) is 0 Å². The number of ether oxygens (including phenoxy) is 14. The third-order valence-electron chi connectivity index (χ3n) is 18.7. The summed E-state index contributed by atoms with van der Waals surface area (Å²) in [6.45, 7) is 0. The predicted molar refractivity (Wildman–Crippen MR) is 367 cm³/mol. The van der Waals surface area contributed by atoms with Crippen LogP contribution in [0.4, 0.5) is 0 Å². The number of hydrogen-bond acceptors (Lipinski definition) is 49. The van der Waals surface area contributed by atoms with Gasteiger partial charge >= 0.3 is 207 Å². The van der Waals surface area contributed by atoms with Crippen LogP contribution in [0.5, 0.6) is 0 Å². The maximum atomic E-state index is 12.1. The Morgan fingerprint density at radius 2 is 0.286 bits per heavy atom. The van der Waals surface area contributed by atoms with E-state index in [4.69, 9.17) is 66.3 Å². The van der Waals surface area contributed by atoms with E-state index in [9.17, 15) is 141 Å². The normalized spacial score (nSPS) is 39.1. The van der Waals surface area contributed by atoms with Crippen molar-refractivity contribution in [2.75, 3.05) is 80.5 Å². The number of carboxylic acids is 7. The van der Waals surface area contributed by atoms with Gasteiger partial charge in [0, 0.05) is 82.1 Å². The van der Waals surface area contributed by atoms with Crippen LogP contribution < -0.4 is 243 Å². The first-order valence-corrected chi connectivity index (χ1v) is 43.4. The van der Waals surface area contributed by atoms with Gasteiger partial charge in [-0.1, -0.05) is 0 Å². The topological polar surface area (TPSA) is 693 Å². The molecule has 0 spiro atoms. The molecule has 21 aliphatic rings. The van der Waals surface area contributed by atoms with Crippen molar-refractivity contribution in [3.8, 4) is 0 Å². The minimum Gasteiger partial charge on any atom is -0.550 e. The Morgan fingerprint density at radius 1 is 0.185 bits per heavy atom. The van der Waals surface area contributed by atoms with Crippen LogP contribution in [0.1, 0.15) is 44.9 Å². The Morgan fingerprint density at radius 3 is 0.378 bits per heavy atom. The van der Waals surface area contributed by atoms with E-state index in [0.29, 0.717) is 0 Å². The SMILES string of the molecule is O=C([O-])CCSC[C@@H]1O[C@H]2O[C@@H]3[C@@H](O)[C@H](O)[C@H](O[C@@H]4[C@@H](O)[C@H](O)[C@H](O[C@@H]5[C@@H](O)[C@@H](O)[C@H](O[C@@H]6[C@@H](O)[C@H](O)[C@H](O[C@@H]7[C@@H](O)[C@H](O)[C@H](O[C@@H]8[C@@H](O)[C@H](O)[C@H](O[C@@H]1[C@@H](O)[C@@H]2O)O[C@H]8CSCCC(=O)[O-])O[C@H]7CSCCC(=O)[O-])O[C@H]6CSCCC(=O)[O-])O[C@H]5CSCCC(=O)[O-])O[C@H]4CSCCC(=O)[O-])O[C@H]3CSCCC(=O)[O-].[Na+].[Na+].[Na+].[Na+].[Na+].[Na+].[Na+]. The number of hydrogen-bond donors (Lipinski definition) is 14. The number of rotatable bonds is 35. The van der Waals surface area contributed by atoms with Gasteiger partial charge in [0.15, 0.2) is 44.0 Å². The monoisotopic (exact) mass is 1900 g/mol. The number of thioether (sulfide) groups is 7. The second-order valence-corrected chi connectivity index (χ2v) is 34.8. The average molecular weight is 1910 g/mol. The molecule has 14 bridgehead atoms. The van der Waals surface area contributed by atoms with E-state index in [0.717, 1.165) is 82.3 Å². The second kappa shape index (κ2) is 60.9. The molecule has 0 saturated carbocycles. The van der Waals surface area contributed by atoms with E-state index in [-0.39, 0.29) is 247 Å². The number of aliphatic carboxylic acids is 7. The fraction of sp³-hybridized carbons (Fsp3) is 0.889. The van der Waals surface area contributed by atoms with Gasteiger partial charge in [-0.2, -0.15) is 82.3 Å². The van der Waals surface area contributed by atoms with Gasteiger partial charge in [0.05, 0.1) is 42.7 Å². The largest absolute Gasteiger partial charge is 1.00 e. The number of carbonyl (C=O) groups is 7. The van der Waals surface area contributed by atoms with Crippen molar-refractivity contribution in [1.82, 2.24) is 0 Å². The minimum absolute atomic E-state index is 0. The van der Waals surface area contributed by atoms with Crippen LogP contribution in [0.15, 0.2) is 0 Å². The van der Waals surface area contributed by atoms with Crippen LogP contribution >= 0.6 is 82.3 Å². The molecule has 56 heteroatoms. The molecule has 21 fully saturated rings. The van der Waals surface area contributed by atoms with Crippen LogP contribution in [0.2, 0.25) is 0 Å². The standard InChI is InChI=1S/C63H98O42S7.7Na/c64-29(65)1-8-106-15-22-50-36(78)43(85)57(92-22)100-51-23(16-107-9-2-30(66)67)94-59(45(87)38(51)80)102-53-25(18-109-11-4-32(70)71)96-61(47(89)40(53)82)104-55-27(20-111-13-6-34(74)75)98-63(49(91)42(55)84)105-56-28(21-112-14-7-35(76)77)97-62(48(90)41(56)83)103-54-26(19-110-12-5-33(72)73)95-60(46(88)39(54)81)101-52-24(17-108-10-3-31(68)69)93-58(99-50)44(86)37(52)79;;;;;;;/h22-28,36-63,78-91H,1-21H2,(H,64,65)(H,66,67)(H,68,69)(H,70,71)(H,72,73)(H,74,75)(H,76,77);;;;;;;/q;7*+1/p-7/t22-,23-,24-,25-,26-,27-,28-,36-,37-,38-,39-,40-,41-,42-,43-,44-,45-,46-,47-,48-,49+,50-,51-,52-,53-,54-,55-,56-,57-,58-,59-,60-,61-,62-,63-;;;;;;;/m0......./s1. The van der Waals surface area contributed by atoms with Crippen molar-refractivity contribution in [2.45, 2.75) is 260 Å². The van der Waals surface area contributed by atoms with Crippen LogP contribution in [-0.2, 0) is 99.9 Å². The summed E-state index contributed by atoms with van der Waals surface area (Å²) in [5.41, 5.74) is 0. The molecule has 14 N–H and O–H groups in total. The zero-order chi connectivity index (χ0) is 81.9. The van der Waals surface area contributed by atoms with Gasteiger partial charge in [-0.05, 0) is 85.2 Å². The summed E-state index contributed by atoms with van der Waals surface area (Å²) in [6.07, 6.45) is -75.5. The summed E-state index contributed by atoms with van der Waals surface area (Å²) >= 11 is 5.93. The number of aliphatic hydroxyl groups is 14. The maximum Gasteiger partial charge on any atom is 1.00 e. The Kier molecular flexibility index (Phi) is 62.2. The summed E-state index contributed by atoms with van der Waals surface area (Å²) in [4.78, 5) is 81.1. The quantitative estimate of drug-likeness (QED) is 0.0207. The summed E-state index contributed by atoms with van der Waals surface area (Å²) in [7, 11) is 0. The van der Waals surface area contributed by atoms with Gasteiger partial charge in [0.2, 0.25) is 0 Å². The van der Waals surface area contributed by atoms with Crippen molar-refractivity contribution in [1.29, 1.82) is 0 Å². The molecular formula is C63H91Na7O42S7. The average Bonchev–Trinajstić information content (AvgIpc) is 0.814. The molecule has 0 radical (unpaired) electrons. The molecule has 0 amide bonds. The van der Waals surface area contributed by atoms with Crippen molar-refractivity contribution >= 4 is 124 Å². The van der Waals surface area contributed by atoms with E-state index >= 15 is 0 Å². The smallest absolute Gasteiger partial charge is 0.550 e. The third-order valence-corrected chi connectivity index (χ3v) is 26.1. The fourth-order valence-electron chi connectivity index (χ4n) is 12.8. The van der Waals surface area contributed by atoms with Gasteiger partial charge in [0.25, 0.3) is 0 Å². The molecule has 644 valence electrons. The Bertz CT molecular complexity index is 2480. The van der Waals surface area contributed by atoms with Gasteiger partial charge in [-0.25, -0.2) is 0 Å². The van der Waals surface area contributed by atoms with Crippen molar-refractivity contribution in [2.24, 2.45) is 0 Å². The molecule has 21 heterocycles. The third kappa shape index (κ3) is 36.3. The van der Waals surface area contributed by atoms with Crippen molar-refractivity contribution < 1.29 is 414 Å².